The first kappa shape index (κ1) is 26.0. The number of likely N-dealkylation sites (tertiary alicyclic amines) is 1. The first-order chi connectivity index (χ1) is 14.3. The SMILES string of the molecule is CCNC(=NCc1ccc(C)cc1OC1CCOC1)NC1CCN(CC(F)(F)F)C1.I. The Morgan fingerprint density at radius 2 is 2.13 bits per heavy atom. The van der Waals surface area contributed by atoms with E-state index in [1.54, 1.807) is 0 Å². The zero-order valence-electron chi connectivity index (χ0n) is 18.0. The molecule has 0 bridgehead atoms. The van der Waals surface area contributed by atoms with Crippen molar-refractivity contribution in [3.63, 3.8) is 0 Å². The highest BCUT2D eigenvalue weighted by Crippen LogP contribution is 2.25. The summed E-state index contributed by atoms with van der Waals surface area (Å²) >= 11 is 0. The lowest BCUT2D eigenvalue weighted by Gasteiger charge is -2.20. The molecule has 3 rings (SSSR count). The van der Waals surface area contributed by atoms with E-state index in [1.165, 1.54) is 4.90 Å². The summed E-state index contributed by atoms with van der Waals surface area (Å²) < 4.78 is 49.4. The van der Waals surface area contributed by atoms with Crippen LogP contribution in [0.2, 0.25) is 0 Å². The first-order valence-corrected chi connectivity index (χ1v) is 10.5. The van der Waals surface area contributed by atoms with E-state index in [2.05, 4.69) is 15.6 Å². The molecule has 0 aliphatic carbocycles. The second kappa shape index (κ2) is 12.1. The highest BCUT2D eigenvalue weighted by molar-refractivity contribution is 14.0. The van der Waals surface area contributed by atoms with Crippen molar-refractivity contribution < 1.29 is 22.6 Å². The normalized spacial score (nSPS) is 22.3. The molecule has 2 aliphatic heterocycles. The predicted molar refractivity (Wildman–Crippen MR) is 125 cm³/mol. The minimum absolute atomic E-state index is 0. The van der Waals surface area contributed by atoms with E-state index >= 15 is 0 Å². The molecule has 0 aromatic heterocycles. The zero-order chi connectivity index (χ0) is 21.6. The summed E-state index contributed by atoms with van der Waals surface area (Å²) in [7, 11) is 0. The van der Waals surface area contributed by atoms with Gasteiger partial charge >= 0.3 is 6.18 Å². The summed E-state index contributed by atoms with van der Waals surface area (Å²) in [4.78, 5) is 6.08. The third kappa shape index (κ3) is 8.64. The molecule has 2 saturated heterocycles. The maximum absolute atomic E-state index is 12.6. The van der Waals surface area contributed by atoms with Gasteiger partial charge < -0.3 is 20.1 Å². The summed E-state index contributed by atoms with van der Waals surface area (Å²) in [6, 6.07) is 5.98. The number of rotatable bonds is 7. The summed E-state index contributed by atoms with van der Waals surface area (Å²) in [5, 5.41) is 6.46. The minimum Gasteiger partial charge on any atom is -0.488 e. The van der Waals surface area contributed by atoms with Gasteiger partial charge in [-0.3, -0.25) is 4.90 Å². The Hall–Kier alpha value is -1.27. The van der Waals surface area contributed by atoms with E-state index in [0.717, 1.165) is 23.3 Å². The summed E-state index contributed by atoms with van der Waals surface area (Å²) in [6.07, 6.45) is -2.59. The standard InChI is InChI=1S/C21H31F3N4O2.HI/c1-3-25-20(27-17-6-8-28(12-17)14-21(22,23)24)26-11-16-5-4-15(2)10-19(16)30-18-7-9-29-13-18;/h4-5,10,17-18H,3,6-9,11-14H2,1-2H3,(H2,25,26,27);1H. The minimum atomic E-state index is -4.17. The monoisotopic (exact) mass is 556 g/mol. The number of hydrogen-bond acceptors (Lipinski definition) is 4. The van der Waals surface area contributed by atoms with Gasteiger partial charge in [-0.1, -0.05) is 12.1 Å². The van der Waals surface area contributed by atoms with Crippen LogP contribution in [0.4, 0.5) is 13.2 Å². The smallest absolute Gasteiger partial charge is 0.401 e. The van der Waals surface area contributed by atoms with Crippen LogP contribution in [0.3, 0.4) is 0 Å². The number of alkyl halides is 3. The van der Waals surface area contributed by atoms with Crippen LogP contribution in [0, 0.1) is 6.92 Å². The van der Waals surface area contributed by atoms with Gasteiger partial charge in [0.1, 0.15) is 11.9 Å². The predicted octanol–water partition coefficient (Wildman–Crippen LogP) is 3.47. The van der Waals surface area contributed by atoms with Crippen LogP contribution in [-0.2, 0) is 11.3 Å². The van der Waals surface area contributed by atoms with Crippen LogP contribution in [0.5, 0.6) is 5.75 Å². The van der Waals surface area contributed by atoms with Crippen molar-refractivity contribution in [2.24, 2.45) is 4.99 Å². The zero-order valence-corrected chi connectivity index (χ0v) is 20.3. The molecule has 0 saturated carbocycles. The highest BCUT2D eigenvalue weighted by Gasteiger charge is 2.34. The summed E-state index contributed by atoms with van der Waals surface area (Å²) in [5.41, 5.74) is 2.08. The molecule has 2 unspecified atom stereocenters. The topological polar surface area (TPSA) is 58.1 Å². The van der Waals surface area contributed by atoms with Crippen molar-refractivity contribution in [2.75, 3.05) is 39.4 Å². The molecule has 31 heavy (non-hydrogen) atoms. The van der Waals surface area contributed by atoms with Gasteiger partial charge in [0.25, 0.3) is 0 Å². The van der Waals surface area contributed by atoms with Crippen LogP contribution < -0.4 is 15.4 Å². The van der Waals surface area contributed by atoms with Crippen molar-refractivity contribution in [1.29, 1.82) is 0 Å². The molecule has 2 fully saturated rings. The molecule has 2 heterocycles. The first-order valence-electron chi connectivity index (χ1n) is 10.5. The molecular weight excluding hydrogens is 524 g/mol. The molecule has 1 aromatic carbocycles. The van der Waals surface area contributed by atoms with Gasteiger partial charge in [0.05, 0.1) is 26.3 Å². The van der Waals surface area contributed by atoms with Crippen molar-refractivity contribution in [3.05, 3.63) is 29.3 Å². The van der Waals surface area contributed by atoms with Crippen LogP contribution >= 0.6 is 24.0 Å². The van der Waals surface area contributed by atoms with Crippen molar-refractivity contribution in [2.45, 2.75) is 51.6 Å². The van der Waals surface area contributed by atoms with Gasteiger partial charge in [-0.25, -0.2) is 4.99 Å². The Kier molecular flexibility index (Phi) is 10.1. The lowest BCUT2D eigenvalue weighted by molar-refractivity contribution is -0.143. The maximum Gasteiger partial charge on any atom is 0.401 e. The van der Waals surface area contributed by atoms with E-state index in [1.807, 2.05) is 32.0 Å². The van der Waals surface area contributed by atoms with Crippen molar-refractivity contribution >= 4 is 29.9 Å². The molecule has 0 amide bonds. The maximum atomic E-state index is 12.6. The molecule has 2 aliphatic rings. The van der Waals surface area contributed by atoms with Crippen LogP contribution in [0.1, 0.15) is 30.9 Å². The number of aryl methyl sites for hydroxylation is 1. The van der Waals surface area contributed by atoms with Crippen LogP contribution in [0.25, 0.3) is 0 Å². The van der Waals surface area contributed by atoms with Gasteiger partial charge in [-0.15, -0.1) is 24.0 Å². The Morgan fingerprint density at radius 1 is 1.32 bits per heavy atom. The van der Waals surface area contributed by atoms with Crippen LogP contribution in [-0.4, -0.2) is 68.6 Å². The van der Waals surface area contributed by atoms with Crippen molar-refractivity contribution in [3.8, 4) is 5.75 Å². The number of aliphatic imine (C=N–C) groups is 1. The Labute approximate surface area is 199 Å². The second-order valence-corrected chi connectivity index (χ2v) is 7.89. The fourth-order valence-corrected chi connectivity index (χ4v) is 3.71. The molecule has 10 heteroatoms. The van der Waals surface area contributed by atoms with E-state index in [9.17, 15) is 13.2 Å². The average molecular weight is 556 g/mol. The van der Waals surface area contributed by atoms with Gasteiger partial charge in [-0.2, -0.15) is 13.2 Å². The fourth-order valence-electron chi connectivity index (χ4n) is 3.71. The Bertz CT molecular complexity index is 727. The Morgan fingerprint density at radius 3 is 2.81 bits per heavy atom. The molecule has 0 spiro atoms. The van der Waals surface area contributed by atoms with E-state index in [4.69, 9.17) is 9.47 Å². The third-order valence-corrected chi connectivity index (χ3v) is 5.17. The second-order valence-electron chi connectivity index (χ2n) is 7.89. The average Bonchev–Trinajstić information content (AvgIpc) is 3.32. The fraction of sp³-hybridized carbons (Fsp3) is 0.667. The number of halogens is 4. The lowest BCUT2D eigenvalue weighted by atomic mass is 10.1. The largest absolute Gasteiger partial charge is 0.488 e. The number of ether oxygens (including phenoxy) is 2. The quantitative estimate of drug-likeness (QED) is 0.306. The number of benzene rings is 1. The lowest BCUT2D eigenvalue weighted by Crippen LogP contribution is -2.45. The Balaban J connectivity index is 0.00000341. The van der Waals surface area contributed by atoms with Crippen LogP contribution in [0.15, 0.2) is 23.2 Å². The number of hydrogen-bond donors (Lipinski definition) is 2. The molecular formula is C21H32F3IN4O2. The number of nitrogens with zero attached hydrogens (tertiary/aromatic N) is 2. The van der Waals surface area contributed by atoms with Gasteiger partial charge in [0.2, 0.25) is 0 Å². The van der Waals surface area contributed by atoms with Gasteiger partial charge in [-0.05, 0) is 31.9 Å². The molecule has 2 N–H and O–H groups in total. The molecule has 6 nitrogen and oxygen atoms in total. The third-order valence-electron chi connectivity index (χ3n) is 5.17. The molecule has 1 aromatic rings. The summed E-state index contributed by atoms with van der Waals surface area (Å²) in [5.74, 6) is 1.41. The van der Waals surface area contributed by atoms with E-state index in [-0.39, 0.29) is 36.1 Å². The summed E-state index contributed by atoms with van der Waals surface area (Å²) in [6.45, 7) is 6.28. The molecule has 176 valence electrons. The van der Waals surface area contributed by atoms with E-state index in [0.29, 0.717) is 51.8 Å². The molecule has 0 radical (unpaired) electrons. The van der Waals surface area contributed by atoms with Gasteiger partial charge in [0.15, 0.2) is 5.96 Å². The van der Waals surface area contributed by atoms with E-state index < -0.39 is 12.7 Å². The number of nitrogens with one attached hydrogen (secondary N) is 2. The van der Waals surface area contributed by atoms with Crippen molar-refractivity contribution in [1.82, 2.24) is 15.5 Å². The molecule has 2 atom stereocenters. The van der Waals surface area contributed by atoms with Gasteiger partial charge in [0, 0.05) is 37.7 Å². The number of guanidine groups is 1. The highest BCUT2D eigenvalue weighted by atomic mass is 127.